The number of hydrogen-bond acceptors (Lipinski definition) is 6. The van der Waals surface area contributed by atoms with E-state index >= 15 is 0 Å². The highest BCUT2D eigenvalue weighted by Gasteiger charge is 2.21. The Balaban J connectivity index is 1.62. The molecule has 3 aromatic rings. The van der Waals surface area contributed by atoms with Crippen molar-refractivity contribution in [3.63, 3.8) is 0 Å². The van der Waals surface area contributed by atoms with E-state index in [1.165, 1.54) is 12.1 Å². The zero-order chi connectivity index (χ0) is 26.6. The Morgan fingerprint density at radius 3 is 2.41 bits per heavy atom. The van der Waals surface area contributed by atoms with Crippen molar-refractivity contribution < 1.29 is 18.7 Å². The summed E-state index contributed by atoms with van der Waals surface area (Å²) in [5.74, 6) is -0.365. The number of rotatable bonds is 6. The van der Waals surface area contributed by atoms with Crippen LogP contribution in [0.3, 0.4) is 0 Å². The first-order chi connectivity index (χ1) is 17.7. The molecule has 2 aromatic carbocycles. The molecule has 8 nitrogen and oxygen atoms in total. The number of nitriles is 1. The maximum absolute atomic E-state index is 14.5. The fraction of sp³-hybridized carbons (Fsp3) is 0.393. The van der Waals surface area contributed by atoms with Gasteiger partial charge in [-0.25, -0.2) is 13.9 Å². The van der Waals surface area contributed by atoms with Crippen LogP contribution in [-0.2, 0) is 9.47 Å². The van der Waals surface area contributed by atoms with Crippen molar-refractivity contribution in [2.24, 2.45) is 0 Å². The molecule has 4 rings (SSSR count). The second-order valence-corrected chi connectivity index (χ2v) is 9.92. The highest BCUT2D eigenvalue weighted by molar-refractivity contribution is 5.85. The summed E-state index contributed by atoms with van der Waals surface area (Å²) in [5.41, 5.74) is 2.20. The van der Waals surface area contributed by atoms with Gasteiger partial charge in [-0.15, -0.1) is 5.10 Å². The van der Waals surface area contributed by atoms with Crippen molar-refractivity contribution in [3.05, 3.63) is 59.9 Å². The van der Waals surface area contributed by atoms with Crippen molar-refractivity contribution in [2.75, 3.05) is 29.9 Å². The van der Waals surface area contributed by atoms with E-state index in [9.17, 15) is 9.18 Å². The van der Waals surface area contributed by atoms with Crippen LogP contribution in [0.15, 0.2) is 48.5 Å². The van der Waals surface area contributed by atoms with Crippen molar-refractivity contribution in [2.45, 2.75) is 52.2 Å². The second kappa shape index (κ2) is 11.0. The monoisotopic (exact) mass is 505 g/mol. The first-order valence-corrected chi connectivity index (χ1v) is 12.4. The highest BCUT2D eigenvalue weighted by Crippen LogP contribution is 2.29. The molecule has 0 bridgehead atoms. The molecule has 0 atom stereocenters. The van der Waals surface area contributed by atoms with Gasteiger partial charge in [0.25, 0.3) is 0 Å². The number of piperidine rings is 1. The number of nitrogens with one attached hydrogen (secondary N) is 1. The molecule has 1 aliphatic heterocycles. The number of carbonyl (C=O) groups is 1. The lowest BCUT2D eigenvalue weighted by molar-refractivity contribution is 0.0459. The molecule has 0 saturated carbocycles. The SMILES string of the molecule is CCOC1CCN(c2ccc(-n3nc(NC(=O)OC(C)(C)C)cc3-c3ccc(C#N)c(F)c3)cc2)CC1. The van der Waals surface area contributed by atoms with E-state index in [1.54, 1.807) is 37.6 Å². The molecule has 1 aliphatic rings. The summed E-state index contributed by atoms with van der Waals surface area (Å²) in [5, 5.41) is 16.3. The van der Waals surface area contributed by atoms with Gasteiger partial charge in [0.05, 0.1) is 23.0 Å². The van der Waals surface area contributed by atoms with Gasteiger partial charge < -0.3 is 14.4 Å². The molecule has 2 heterocycles. The number of carbonyl (C=O) groups excluding carboxylic acids is 1. The number of halogens is 1. The Kier molecular flexibility index (Phi) is 7.79. The molecule has 1 N–H and O–H groups in total. The summed E-state index contributed by atoms with van der Waals surface area (Å²) in [6.07, 6.45) is 1.66. The van der Waals surface area contributed by atoms with Gasteiger partial charge in [-0.05, 0) is 76.9 Å². The van der Waals surface area contributed by atoms with Crippen LogP contribution in [0.25, 0.3) is 16.9 Å². The third kappa shape index (κ3) is 6.46. The van der Waals surface area contributed by atoms with Gasteiger partial charge in [0.2, 0.25) is 0 Å². The van der Waals surface area contributed by atoms with E-state index in [0.717, 1.165) is 43.9 Å². The maximum atomic E-state index is 14.5. The van der Waals surface area contributed by atoms with Crippen LogP contribution in [0.1, 0.15) is 46.1 Å². The first kappa shape index (κ1) is 26.2. The first-order valence-electron chi connectivity index (χ1n) is 12.4. The summed E-state index contributed by atoms with van der Waals surface area (Å²) in [7, 11) is 0. The van der Waals surface area contributed by atoms with Crippen LogP contribution in [0, 0.1) is 17.1 Å². The Labute approximate surface area is 216 Å². The van der Waals surface area contributed by atoms with Crippen LogP contribution in [0.2, 0.25) is 0 Å². The average molecular weight is 506 g/mol. The van der Waals surface area contributed by atoms with E-state index in [0.29, 0.717) is 17.4 Å². The number of benzene rings is 2. The van der Waals surface area contributed by atoms with Crippen molar-refractivity contribution >= 4 is 17.6 Å². The van der Waals surface area contributed by atoms with Crippen LogP contribution < -0.4 is 10.2 Å². The van der Waals surface area contributed by atoms with Crippen LogP contribution in [0.4, 0.5) is 20.7 Å². The molecular formula is C28H32FN5O3. The quantitative estimate of drug-likeness (QED) is 0.448. The fourth-order valence-electron chi connectivity index (χ4n) is 4.34. The summed E-state index contributed by atoms with van der Waals surface area (Å²) in [4.78, 5) is 14.7. The van der Waals surface area contributed by atoms with E-state index in [4.69, 9.17) is 14.7 Å². The van der Waals surface area contributed by atoms with Crippen LogP contribution in [-0.4, -0.2) is 47.3 Å². The number of aromatic nitrogens is 2. The standard InChI is InChI=1S/C28H32FN5O3/c1-5-36-23-12-14-33(15-13-23)21-8-10-22(11-9-21)34-25(19-6-7-20(18-30)24(29)16-19)17-26(32-34)31-27(35)37-28(2,3)4/h6-11,16-17,23H,5,12-15H2,1-4H3,(H,31,32,35). The van der Waals surface area contributed by atoms with Gasteiger partial charge in [0, 0.05) is 37.0 Å². The minimum atomic E-state index is -0.668. The van der Waals surface area contributed by atoms with E-state index in [2.05, 4.69) is 15.3 Å². The molecule has 0 aliphatic carbocycles. The van der Waals surface area contributed by atoms with E-state index in [-0.39, 0.29) is 11.4 Å². The predicted octanol–water partition coefficient (Wildman–Crippen LogP) is 5.90. The smallest absolute Gasteiger partial charge is 0.413 e. The maximum Gasteiger partial charge on any atom is 0.413 e. The van der Waals surface area contributed by atoms with Gasteiger partial charge in [-0.1, -0.05) is 6.07 Å². The molecule has 1 saturated heterocycles. The lowest BCUT2D eigenvalue weighted by Crippen LogP contribution is -2.37. The lowest BCUT2D eigenvalue weighted by Gasteiger charge is -2.33. The van der Waals surface area contributed by atoms with Gasteiger partial charge in [0.1, 0.15) is 17.5 Å². The molecule has 9 heteroatoms. The molecule has 37 heavy (non-hydrogen) atoms. The summed E-state index contributed by atoms with van der Waals surface area (Å²) >= 11 is 0. The Morgan fingerprint density at radius 2 is 1.81 bits per heavy atom. The molecule has 1 fully saturated rings. The summed E-state index contributed by atoms with van der Waals surface area (Å²) in [6.45, 7) is 9.93. The zero-order valence-electron chi connectivity index (χ0n) is 21.6. The Hall–Kier alpha value is -3.90. The van der Waals surface area contributed by atoms with Crippen molar-refractivity contribution in [1.29, 1.82) is 5.26 Å². The average Bonchev–Trinajstić information content (AvgIpc) is 3.27. The second-order valence-electron chi connectivity index (χ2n) is 9.92. The van der Waals surface area contributed by atoms with Gasteiger partial charge in [0.15, 0.2) is 5.82 Å². The van der Waals surface area contributed by atoms with Gasteiger partial charge in [-0.3, -0.25) is 5.32 Å². The van der Waals surface area contributed by atoms with Crippen molar-refractivity contribution in [3.8, 4) is 23.0 Å². The fourth-order valence-corrected chi connectivity index (χ4v) is 4.34. The third-order valence-electron chi connectivity index (χ3n) is 6.03. The number of amides is 1. The number of hydrogen-bond donors (Lipinski definition) is 1. The summed E-state index contributed by atoms with van der Waals surface area (Å²) in [6, 6.07) is 15.8. The Morgan fingerprint density at radius 1 is 1.14 bits per heavy atom. The van der Waals surface area contributed by atoms with E-state index < -0.39 is 17.5 Å². The largest absolute Gasteiger partial charge is 0.444 e. The molecular weight excluding hydrogens is 473 g/mol. The topological polar surface area (TPSA) is 92.4 Å². The number of anilines is 2. The molecule has 194 valence electrons. The highest BCUT2D eigenvalue weighted by atomic mass is 19.1. The molecule has 1 amide bonds. The zero-order valence-corrected chi connectivity index (χ0v) is 21.6. The van der Waals surface area contributed by atoms with Crippen molar-refractivity contribution in [1.82, 2.24) is 9.78 Å². The minimum absolute atomic E-state index is 0.0422. The normalized spacial score (nSPS) is 14.3. The molecule has 0 unspecified atom stereocenters. The number of nitrogens with zero attached hydrogens (tertiary/aromatic N) is 4. The minimum Gasteiger partial charge on any atom is -0.444 e. The van der Waals surface area contributed by atoms with E-state index in [1.807, 2.05) is 37.3 Å². The third-order valence-corrected chi connectivity index (χ3v) is 6.03. The summed E-state index contributed by atoms with van der Waals surface area (Å²) < 4.78 is 27.2. The number of ether oxygens (including phenoxy) is 2. The molecule has 1 aromatic heterocycles. The van der Waals surface area contributed by atoms with Crippen LogP contribution >= 0.6 is 0 Å². The van der Waals surface area contributed by atoms with Crippen LogP contribution in [0.5, 0.6) is 0 Å². The molecule has 0 radical (unpaired) electrons. The lowest BCUT2D eigenvalue weighted by atomic mass is 10.1. The molecule has 0 spiro atoms. The predicted molar refractivity (Wildman–Crippen MR) is 140 cm³/mol. The Bertz CT molecular complexity index is 1280. The van der Waals surface area contributed by atoms with Gasteiger partial charge in [-0.2, -0.15) is 5.26 Å². The van der Waals surface area contributed by atoms with Gasteiger partial charge >= 0.3 is 6.09 Å².